The Bertz CT molecular complexity index is 567. The van der Waals surface area contributed by atoms with Gasteiger partial charge in [-0.15, -0.1) is 0 Å². The van der Waals surface area contributed by atoms with Crippen molar-refractivity contribution in [3.8, 4) is 11.3 Å². The molecule has 100 valence electrons. The first kappa shape index (κ1) is 12.4. The summed E-state index contributed by atoms with van der Waals surface area (Å²) in [5.41, 5.74) is 4.96. The van der Waals surface area contributed by atoms with E-state index in [4.69, 9.17) is 0 Å². The van der Waals surface area contributed by atoms with Crippen LogP contribution < -0.4 is 5.32 Å². The molecule has 0 saturated heterocycles. The van der Waals surface area contributed by atoms with Gasteiger partial charge in [0.05, 0.1) is 18.4 Å². The fourth-order valence-corrected chi connectivity index (χ4v) is 2.22. The second kappa shape index (κ2) is 5.17. The van der Waals surface area contributed by atoms with Crippen molar-refractivity contribution in [2.24, 2.45) is 5.92 Å². The fourth-order valence-electron chi connectivity index (χ4n) is 2.22. The van der Waals surface area contributed by atoms with Crippen molar-refractivity contribution >= 4 is 0 Å². The van der Waals surface area contributed by atoms with Crippen LogP contribution in [0.2, 0.25) is 0 Å². The van der Waals surface area contributed by atoms with E-state index in [9.17, 15) is 0 Å². The normalized spacial score (nSPS) is 14.8. The molecule has 2 aromatic rings. The van der Waals surface area contributed by atoms with Crippen LogP contribution in [0.5, 0.6) is 0 Å². The first-order chi connectivity index (χ1) is 9.22. The van der Waals surface area contributed by atoms with Crippen molar-refractivity contribution in [1.82, 2.24) is 15.3 Å². The molecule has 0 radical (unpaired) electrons. The lowest BCUT2D eigenvalue weighted by atomic mass is 10.1. The van der Waals surface area contributed by atoms with Gasteiger partial charge in [-0.2, -0.15) is 0 Å². The van der Waals surface area contributed by atoms with E-state index in [1.807, 2.05) is 6.20 Å². The summed E-state index contributed by atoms with van der Waals surface area (Å²) in [5, 5.41) is 3.46. The van der Waals surface area contributed by atoms with E-state index in [2.05, 4.69) is 47.3 Å². The minimum absolute atomic E-state index is 0.835. The lowest BCUT2D eigenvalue weighted by Gasteiger charge is -2.03. The molecule has 1 heterocycles. The van der Waals surface area contributed by atoms with Crippen molar-refractivity contribution in [3.05, 3.63) is 41.3 Å². The summed E-state index contributed by atoms with van der Waals surface area (Å²) in [4.78, 5) is 7.84. The smallest absolute Gasteiger partial charge is 0.120 e. The van der Waals surface area contributed by atoms with Crippen LogP contribution in [-0.2, 0) is 6.54 Å². The van der Waals surface area contributed by atoms with E-state index in [1.54, 1.807) is 0 Å². The Balaban J connectivity index is 1.67. The van der Waals surface area contributed by atoms with Gasteiger partial charge in [-0.3, -0.25) is 0 Å². The minimum Gasteiger partial charge on any atom is -0.341 e. The third-order valence-electron chi connectivity index (χ3n) is 3.87. The number of rotatable bonds is 5. The number of aryl methyl sites for hydroxylation is 2. The van der Waals surface area contributed by atoms with Crippen LogP contribution >= 0.6 is 0 Å². The zero-order valence-electron chi connectivity index (χ0n) is 11.7. The first-order valence-electron chi connectivity index (χ1n) is 7.04. The van der Waals surface area contributed by atoms with Gasteiger partial charge in [0.15, 0.2) is 0 Å². The number of aromatic amines is 1. The molecule has 1 aliphatic carbocycles. The number of imidazole rings is 1. The van der Waals surface area contributed by atoms with E-state index >= 15 is 0 Å². The highest BCUT2D eigenvalue weighted by atomic mass is 15.0. The summed E-state index contributed by atoms with van der Waals surface area (Å²) in [7, 11) is 0. The van der Waals surface area contributed by atoms with Crippen molar-refractivity contribution in [1.29, 1.82) is 0 Å². The summed E-state index contributed by atoms with van der Waals surface area (Å²) in [6.45, 7) is 6.24. The molecule has 3 nitrogen and oxygen atoms in total. The van der Waals surface area contributed by atoms with Gasteiger partial charge in [-0.05, 0) is 61.9 Å². The molecule has 1 aromatic heterocycles. The van der Waals surface area contributed by atoms with Crippen LogP contribution in [0.1, 0.15) is 29.8 Å². The van der Waals surface area contributed by atoms with E-state index in [-0.39, 0.29) is 0 Å². The van der Waals surface area contributed by atoms with Crippen molar-refractivity contribution < 1.29 is 0 Å². The number of hydrogen-bond donors (Lipinski definition) is 2. The van der Waals surface area contributed by atoms with Gasteiger partial charge in [0.2, 0.25) is 0 Å². The lowest BCUT2D eigenvalue weighted by Crippen LogP contribution is -2.16. The van der Waals surface area contributed by atoms with Gasteiger partial charge in [-0.1, -0.05) is 12.1 Å². The maximum atomic E-state index is 4.44. The van der Waals surface area contributed by atoms with E-state index < -0.39 is 0 Å². The second-order valence-corrected chi connectivity index (χ2v) is 5.62. The molecule has 0 aliphatic heterocycles. The highest BCUT2D eigenvalue weighted by Crippen LogP contribution is 2.27. The van der Waals surface area contributed by atoms with Crippen LogP contribution in [0.15, 0.2) is 24.4 Å². The topological polar surface area (TPSA) is 40.7 Å². The predicted molar refractivity (Wildman–Crippen MR) is 77.9 cm³/mol. The Labute approximate surface area is 114 Å². The number of aromatic nitrogens is 2. The summed E-state index contributed by atoms with van der Waals surface area (Å²) >= 11 is 0. The van der Waals surface area contributed by atoms with Crippen LogP contribution in [0, 0.1) is 19.8 Å². The van der Waals surface area contributed by atoms with E-state index in [0.717, 1.165) is 30.5 Å². The Morgan fingerprint density at radius 3 is 2.84 bits per heavy atom. The summed E-state index contributed by atoms with van der Waals surface area (Å²) in [6, 6.07) is 6.53. The Morgan fingerprint density at radius 1 is 1.26 bits per heavy atom. The molecule has 1 aromatic carbocycles. The molecule has 1 fully saturated rings. The molecular formula is C16H21N3. The number of nitrogens with one attached hydrogen (secondary N) is 2. The van der Waals surface area contributed by atoms with Gasteiger partial charge in [0.1, 0.15) is 5.82 Å². The second-order valence-electron chi connectivity index (χ2n) is 5.62. The highest BCUT2D eigenvalue weighted by molar-refractivity contribution is 5.60. The Kier molecular flexibility index (Phi) is 3.38. The summed E-state index contributed by atoms with van der Waals surface area (Å²) < 4.78 is 0. The monoisotopic (exact) mass is 255 g/mol. The molecule has 0 unspecified atom stereocenters. The number of nitrogens with zero attached hydrogens (tertiary/aromatic N) is 1. The fraction of sp³-hybridized carbons (Fsp3) is 0.438. The molecule has 3 heteroatoms. The van der Waals surface area contributed by atoms with Gasteiger partial charge in [0.25, 0.3) is 0 Å². The predicted octanol–water partition coefficient (Wildman–Crippen LogP) is 3.19. The molecule has 3 rings (SSSR count). The highest BCUT2D eigenvalue weighted by Gasteiger charge is 2.20. The third kappa shape index (κ3) is 3.04. The summed E-state index contributed by atoms with van der Waals surface area (Å²) in [6.07, 6.45) is 4.70. The molecule has 19 heavy (non-hydrogen) atoms. The SMILES string of the molecule is Cc1ccc(-c2cnc(CNCC3CC3)[nH]2)cc1C. The quantitative estimate of drug-likeness (QED) is 0.861. The molecular weight excluding hydrogens is 234 g/mol. The third-order valence-corrected chi connectivity index (χ3v) is 3.87. The summed E-state index contributed by atoms with van der Waals surface area (Å²) in [5.74, 6) is 1.93. The largest absolute Gasteiger partial charge is 0.341 e. The average Bonchev–Trinajstić information content (AvgIpc) is 3.10. The van der Waals surface area contributed by atoms with Crippen molar-refractivity contribution in [3.63, 3.8) is 0 Å². The van der Waals surface area contributed by atoms with Gasteiger partial charge >= 0.3 is 0 Å². The number of hydrogen-bond acceptors (Lipinski definition) is 2. The standard InChI is InChI=1S/C16H21N3/c1-11-3-6-14(7-12(11)2)15-9-18-16(19-15)10-17-8-13-4-5-13/h3,6-7,9,13,17H,4-5,8,10H2,1-2H3,(H,18,19). The van der Waals surface area contributed by atoms with Crippen molar-refractivity contribution in [2.75, 3.05) is 6.54 Å². The first-order valence-corrected chi connectivity index (χ1v) is 7.04. The van der Waals surface area contributed by atoms with Crippen LogP contribution in [0.3, 0.4) is 0 Å². The zero-order valence-corrected chi connectivity index (χ0v) is 11.7. The molecule has 2 N–H and O–H groups in total. The lowest BCUT2D eigenvalue weighted by molar-refractivity contribution is 0.623. The average molecular weight is 255 g/mol. The molecule has 0 spiro atoms. The minimum atomic E-state index is 0.835. The maximum Gasteiger partial charge on any atom is 0.120 e. The molecule has 0 atom stereocenters. The van der Waals surface area contributed by atoms with Crippen molar-refractivity contribution in [2.45, 2.75) is 33.2 Å². The van der Waals surface area contributed by atoms with Crippen LogP contribution in [-0.4, -0.2) is 16.5 Å². The van der Waals surface area contributed by atoms with Gasteiger partial charge in [0, 0.05) is 0 Å². The molecule has 0 amide bonds. The zero-order chi connectivity index (χ0) is 13.2. The van der Waals surface area contributed by atoms with Crippen LogP contribution in [0.25, 0.3) is 11.3 Å². The number of benzene rings is 1. The molecule has 1 aliphatic rings. The Hall–Kier alpha value is -1.61. The van der Waals surface area contributed by atoms with E-state index in [0.29, 0.717) is 0 Å². The molecule has 0 bridgehead atoms. The van der Waals surface area contributed by atoms with Gasteiger partial charge < -0.3 is 10.3 Å². The van der Waals surface area contributed by atoms with Crippen LogP contribution in [0.4, 0.5) is 0 Å². The number of H-pyrrole nitrogens is 1. The van der Waals surface area contributed by atoms with E-state index in [1.165, 1.54) is 29.5 Å². The van der Waals surface area contributed by atoms with Gasteiger partial charge in [-0.25, -0.2) is 4.98 Å². The Morgan fingerprint density at radius 2 is 2.11 bits per heavy atom. The maximum absolute atomic E-state index is 4.44. The molecule has 1 saturated carbocycles.